The molecule has 2 N–H and O–H groups in total. The number of carbonyl (C=O) groups excluding carboxylic acids is 1. The van der Waals surface area contributed by atoms with Crippen LogP contribution in [0.15, 0.2) is 29.1 Å². The maximum absolute atomic E-state index is 13.2. The van der Waals surface area contributed by atoms with Crippen LogP contribution < -0.4 is 10.3 Å². The Bertz CT molecular complexity index is 1280. The van der Waals surface area contributed by atoms with E-state index in [9.17, 15) is 19.8 Å². The molecule has 1 atom stereocenters. The first-order valence-corrected chi connectivity index (χ1v) is 9.70. The first-order valence-electron chi connectivity index (χ1n) is 9.70. The number of carbonyl (C=O) groups is 1. The van der Waals surface area contributed by atoms with Gasteiger partial charge < -0.3 is 14.9 Å². The van der Waals surface area contributed by atoms with Crippen LogP contribution in [0.5, 0.6) is 11.5 Å². The Morgan fingerprint density at radius 2 is 2.03 bits per heavy atom. The molecule has 0 bridgehead atoms. The molecule has 0 spiro atoms. The zero-order chi connectivity index (χ0) is 20.5. The van der Waals surface area contributed by atoms with E-state index in [2.05, 4.69) is 0 Å². The lowest BCUT2D eigenvalue weighted by molar-refractivity contribution is -0.143. The van der Waals surface area contributed by atoms with Crippen LogP contribution in [-0.4, -0.2) is 32.2 Å². The largest absolute Gasteiger partial charge is 0.508 e. The smallest absolute Gasteiger partial charge is 0.294 e. The van der Waals surface area contributed by atoms with Crippen LogP contribution in [0.25, 0.3) is 22.3 Å². The van der Waals surface area contributed by atoms with Gasteiger partial charge in [-0.25, -0.2) is 4.98 Å². The highest BCUT2D eigenvalue weighted by Crippen LogP contribution is 2.42. The molecule has 7 heteroatoms. The lowest BCUT2D eigenvalue weighted by atomic mass is 9.85. The number of fused-ring (bicyclic) bond motifs is 5. The van der Waals surface area contributed by atoms with Crippen LogP contribution in [0.1, 0.15) is 37.0 Å². The molecule has 0 saturated heterocycles. The van der Waals surface area contributed by atoms with Crippen molar-refractivity contribution >= 4 is 16.7 Å². The van der Waals surface area contributed by atoms with Crippen molar-refractivity contribution in [1.29, 1.82) is 0 Å². The summed E-state index contributed by atoms with van der Waals surface area (Å²) in [5.41, 5.74) is 1.99. The molecule has 0 aliphatic carbocycles. The molecular formula is C22H20N2O5. The van der Waals surface area contributed by atoms with E-state index in [0.29, 0.717) is 24.4 Å². The van der Waals surface area contributed by atoms with E-state index < -0.39 is 11.4 Å². The molecule has 2 aliphatic rings. The number of phenols is 1. The number of benzene rings is 1. The summed E-state index contributed by atoms with van der Waals surface area (Å²) in [5.74, 6) is -0.256. The van der Waals surface area contributed by atoms with Gasteiger partial charge >= 0.3 is 0 Å². The fourth-order valence-corrected chi connectivity index (χ4v) is 4.52. The number of pyridine rings is 2. The van der Waals surface area contributed by atoms with E-state index >= 15 is 0 Å². The Balaban J connectivity index is 1.84. The minimum absolute atomic E-state index is 0.0331. The monoisotopic (exact) mass is 392 g/mol. The lowest BCUT2D eigenvalue weighted by Gasteiger charge is -2.32. The predicted octanol–water partition coefficient (Wildman–Crippen LogP) is 2.25. The topological polar surface area (TPSA) is 102 Å². The molecule has 5 rings (SSSR count). The molecule has 2 aliphatic heterocycles. The Kier molecular flexibility index (Phi) is 3.64. The number of hydrogen-bond donors (Lipinski definition) is 2. The summed E-state index contributed by atoms with van der Waals surface area (Å²) in [5, 5.41) is 21.7. The number of ether oxygens (including phenoxy) is 1. The summed E-state index contributed by atoms with van der Waals surface area (Å²) in [6.07, 6.45) is 0.865. The average molecular weight is 392 g/mol. The minimum Gasteiger partial charge on any atom is -0.508 e. The summed E-state index contributed by atoms with van der Waals surface area (Å²) in [7, 11) is 0. The van der Waals surface area contributed by atoms with E-state index in [-0.39, 0.29) is 35.6 Å². The lowest BCUT2D eigenvalue weighted by Crippen LogP contribution is -2.45. The first-order chi connectivity index (χ1) is 13.9. The summed E-state index contributed by atoms with van der Waals surface area (Å²) >= 11 is 0. The van der Waals surface area contributed by atoms with Crippen molar-refractivity contribution in [3.05, 3.63) is 51.3 Å². The van der Waals surface area contributed by atoms with Gasteiger partial charge in [-0.15, -0.1) is 0 Å². The molecule has 7 nitrogen and oxygen atoms in total. The number of rotatable bonds is 2. The second-order valence-corrected chi connectivity index (χ2v) is 7.56. The van der Waals surface area contributed by atoms with Gasteiger partial charge in [0.25, 0.3) is 5.56 Å². The van der Waals surface area contributed by atoms with Gasteiger partial charge in [-0.3, -0.25) is 14.2 Å². The van der Waals surface area contributed by atoms with Crippen LogP contribution in [-0.2, 0) is 23.4 Å². The average Bonchev–Trinajstić information content (AvgIpc) is 3.08. The molecule has 148 valence electrons. The van der Waals surface area contributed by atoms with Gasteiger partial charge in [0.2, 0.25) is 5.78 Å². The van der Waals surface area contributed by atoms with Crippen LogP contribution in [0.2, 0.25) is 0 Å². The third-order valence-corrected chi connectivity index (χ3v) is 6.12. The van der Waals surface area contributed by atoms with E-state index in [1.54, 1.807) is 35.8 Å². The number of aryl methyl sites for hydroxylation is 1. The summed E-state index contributed by atoms with van der Waals surface area (Å²) in [4.78, 5) is 30.3. The second-order valence-electron chi connectivity index (χ2n) is 7.56. The summed E-state index contributed by atoms with van der Waals surface area (Å²) < 4.78 is 7.02. The van der Waals surface area contributed by atoms with Gasteiger partial charge in [-0.2, -0.15) is 0 Å². The SMILES string of the molecule is CCc1c2c(nc3ccc(O)cc13)-c1cc3c(c(=O)n1C2)OCC(=O)[C@]3(O)CC. The number of nitrogens with zero attached hydrogens (tertiary/aromatic N) is 2. The number of aromatic nitrogens is 2. The van der Waals surface area contributed by atoms with Gasteiger partial charge in [0.1, 0.15) is 5.75 Å². The highest BCUT2D eigenvalue weighted by molar-refractivity contribution is 5.93. The standard InChI is InChI=1S/C22H20N2O5/c1-3-12-13-7-11(25)5-6-16(13)23-19-14(12)9-24-17(19)8-15-20(21(24)27)29-10-18(26)22(15,28)4-2/h5-8,25,28H,3-4,9-10H2,1-2H3/t22-/m0/s1. The summed E-state index contributed by atoms with van der Waals surface area (Å²) in [6.45, 7) is 3.74. The third-order valence-electron chi connectivity index (χ3n) is 6.12. The second kappa shape index (κ2) is 5.90. The Labute approximate surface area is 166 Å². The zero-order valence-electron chi connectivity index (χ0n) is 16.2. The number of hydrogen-bond acceptors (Lipinski definition) is 6. The Morgan fingerprint density at radius 3 is 2.76 bits per heavy atom. The highest BCUT2D eigenvalue weighted by atomic mass is 16.5. The van der Waals surface area contributed by atoms with Crippen molar-refractivity contribution in [2.24, 2.45) is 0 Å². The van der Waals surface area contributed by atoms with Crippen LogP contribution >= 0.6 is 0 Å². The van der Waals surface area contributed by atoms with Gasteiger partial charge in [0, 0.05) is 16.5 Å². The molecule has 0 amide bonds. The van der Waals surface area contributed by atoms with Crippen molar-refractivity contribution in [2.45, 2.75) is 38.8 Å². The third kappa shape index (κ3) is 2.25. The van der Waals surface area contributed by atoms with Crippen molar-refractivity contribution in [3.8, 4) is 22.9 Å². The molecule has 0 unspecified atom stereocenters. The van der Waals surface area contributed by atoms with E-state index in [1.165, 1.54) is 0 Å². The number of phenolic OH excluding ortho intramolecular Hbond substituents is 1. The first kappa shape index (κ1) is 17.9. The fourth-order valence-electron chi connectivity index (χ4n) is 4.52. The molecule has 0 radical (unpaired) electrons. The van der Waals surface area contributed by atoms with Gasteiger partial charge in [-0.05, 0) is 42.7 Å². The molecule has 2 aromatic heterocycles. The van der Waals surface area contributed by atoms with Crippen LogP contribution in [0, 0.1) is 0 Å². The quantitative estimate of drug-likeness (QED) is 0.543. The van der Waals surface area contributed by atoms with E-state index in [0.717, 1.165) is 22.0 Å². The normalized spacial score (nSPS) is 19.6. The number of ketones is 1. The molecule has 0 fully saturated rings. The Morgan fingerprint density at radius 1 is 1.24 bits per heavy atom. The maximum Gasteiger partial charge on any atom is 0.294 e. The fraction of sp³-hybridized carbons (Fsp3) is 0.318. The highest BCUT2D eigenvalue weighted by Gasteiger charge is 2.44. The van der Waals surface area contributed by atoms with Gasteiger partial charge in [-0.1, -0.05) is 13.8 Å². The molecule has 0 saturated carbocycles. The van der Waals surface area contributed by atoms with Crippen LogP contribution in [0.4, 0.5) is 0 Å². The van der Waals surface area contributed by atoms with Crippen molar-refractivity contribution in [1.82, 2.24) is 9.55 Å². The molecule has 1 aromatic carbocycles. The summed E-state index contributed by atoms with van der Waals surface area (Å²) in [6, 6.07) is 6.69. The molecular weight excluding hydrogens is 372 g/mol. The number of Topliss-reactive ketones (excluding diaryl/α,β-unsaturated/α-hetero) is 1. The zero-order valence-corrected chi connectivity index (χ0v) is 16.2. The van der Waals surface area contributed by atoms with E-state index in [4.69, 9.17) is 9.72 Å². The maximum atomic E-state index is 13.2. The van der Waals surface area contributed by atoms with Crippen molar-refractivity contribution < 1.29 is 19.7 Å². The van der Waals surface area contributed by atoms with Gasteiger partial charge in [0.15, 0.2) is 18.0 Å². The number of aromatic hydroxyl groups is 1. The number of aliphatic hydroxyl groups is 1. The van der Waals surface area contributed by atoms with Crippen molar-refractivity contribution in [3.63, 3.8) is 0 Å². The minimum atomic E-state index is -1.73. The molecule has 3 aromatic rings. The van der Waals surface area contributed by atoms with Crippen LogP contribution in [0.3, 0.4) is 0 Å². The van der Waals surface area contributed by atoms with E-state index in [1.807, 2.05) is 6.92 Å². The predicted molar refractivity (Wildman–Crippen MR) is 106 cm³/mol. The van der Waals surface area contributed by atoms with Gasteiger partial charge in [0.05, 0.1) is 23.4 Å². The van der Waals surface area contributed by atoms with Crippen molar-refractivity contribution in [2.75, 3.05) is 6.61 Å². The molecule has 4 heterocycles. The Hall–Kier alpha value is -3.19. The molecule has 29 heavy (non-hydrogen) atoms.